The number of hydrogen-bond acceptors (Lipinski definition) is 3. The summed E-state index contributed by atoms with van der Waals surface area (Å²) >= 11 is 1.48. The van der Waals surface area contributed by atoms with E-state index in [1.54, 1.807) is 12.1 Å². The molecule has 2 amide bonds. The van der Waals surface area contributed by atoms with Gasteiger partial charge in [-0.05, 0) is 61.7 Å². The number of halogens is 1. The minimum Gasteiger partial charge on any atom is -0.350 e. The molecule has 0 aromatic heterocycles. The van der Waals surface area contributed by atoms with Crippen molar-refractivity contribution < 1.29 is 14.0 Å². The van der Waals surface area contributed by atoms with E-state index in [4.69, 9.17) is 0 Å². The summed E-state index contributed by atoms with van der Waals surface area (Å²) in [4.78, 5) is 27.1. The molecule has 2 rings (SSSR count). The lowest BCUT2D eigenvalue weighted by atomic mass is 10.1. The molecule has 1 N–H and O–H groups in total. The van der Waals surface area contributed by atoms with Gasteiger partial charge in [0.05, 0.1) is 12.3 Å². The van der Waals surface area contributed by atoms with E-state index in [2.05, 4.69) is 18.3 Å². The topological polar surface area (TPSA) is 49.4 Å². The van der Waals surface area contributed by atoms with E-state index in [1.165, 1.54) is 39.9 Å². The molecule has 0 fully saturated rings. The highest BCUT2D eigenvalue weighted by molar-refractivity contribution is 8.00. The smallest absolute Gasteiger partial charge is 0.239 e. The van der Waals surface area contributed by atoms with E-state index < -0.39 is 0 Å². The average Bonchev–Trinajstić information content (AvgIpc) is 2.66. The zero-order valence-corrected chi connectivity index (χ0v) is 16.7. The van der Waals surface area contributed by atoms with Crippen LogP contribution in [0.3, 0.4) is 0 Å². The van der Waals surface area contributed by atoms with Crippen molar-refractivity contribution in [3.8, 4) is 0 Å². The molecule has 0 saturated carbocycles. The van der Waals surface area contributed by atoms with Crippen molar-refractivity contribution in [3.05, 3.63) is 65.0 Å². The number of thioether (sulfide) groups is 1. The van der Waals surface area contributed by atoms with E-state index in [9.17, 15) is 14.0 Å². The van der Waals surface area contributed by atoms with Crippen LogP contribution in [0.1, 0.15) is 23.6 Å². The fraction of sp³-hybridized carbons (Fsp3) is 0.333. The maximum absolute atomic E-state index is 12.9. The van der Waals surface area contributed by atoms with Gasteiger partial charge in [0.25, 0.3) is 0 Å². The molecule has 0 aliphatic heterocycles. The van der Waals surface area contributed by atoms with Crippen molar-refractivity contribution in [1.29, 1.82) is 0 Å². The van der Waals surface area contributed by atoms with Crippen LogP contribution >= 0.6 is 11.8 Å². The van der Waals surface area contributed by atoms with E-state index >= 15 is 0 Å². The van der Waals surface area contributed by atoms with Gasteiger partial charge in [-0.1, -0.05) is 18.2 Å². The van der Waals surface area contributed by atoms with Gasteiger partial charge in [0, 0.05) is 18.0 Å². The van der Waals surface area contributed by atoms with Crippen molar-refractivity contribution in [2.24, 2.45) is 0 Å². The Balaban J connectivity index is 1.81. The zero-order valence-electron chi connectivity index (χ0n) is 15.9. The molecule has 2 aromatic rings. The molecule has 27 heavy (non-hydrogen) atoms. The van der Waals surface area contributed by atoms with Crippen molar-refractivity contribution in [2.75, 3.05) is 18.8 Å². The van der Waals surface area contributed by atoms with Crippen LogP contribution in [0.15, 0.2) is 47.4 Å². The number of hydrogen-bond donors (Lipinski definition) is 1. The molecule has 0 spiro atoms. The van der Waals surface area contributed by atoms with Crippen LogP contribution in [0.5, 0.6) is 0 Å². The fourth-order valence-corrected chi connectivity index (χ4v) is 3.35. The molecular weight excluding hydrogens is 363 g/mol. The standard InChI is InChI=1S/C21H25FN2O2S/c1-4-24(13-20(25)23-12-17-6-8-18(22)9-7-17)21(26)14-27-19-10-5-15(2)16(3)11-19/h5-11H,4,12-14H2,1-3H3,(H,23,25). The summed E-state index contributed by atoms with van der Waals surface area (Å²) in [6, 6.07) is 12.1. The second-order valence-corrected chi connectivity index (χ2v) is 7.39. The van der Waals surface area contributed by atoms with Gasteiger partial charge >= 0.3 is 0 Å². The number of rotatable bonds is 8. The molecule has 144 valence electrons. The molecule has 0 radical (unpaired) electrons. The van der Waals surface area contributed by atoms with Crippen LogP contribution in [0, 0.1) is 19.7 Å². The van der Waals surface area contributed by atoms with E-state index in [0.717, 1.165) is 10.5 Å². The lowest BCUT2D eigenvalue weighted by Crippen LogP contribution is -2.41. The Bertz CT molecular complexity index is 793. The zero-order chi connectivity index (χ0) is 19.8. The molecular formula is C21H25FN2O2S. The fourth-order valence-electron chi connectivity index (χ4n) is 2.45. The van der Waals surface area contributed by atoms with Gasteiger partial charge in [-0.2, -0.15) is 0 Å². The van der Waals surface area contributed by atoms with Gasteiger partial charge in [-0.25, -0.2) is 4.39 Å². The summed E-state index contributed by atoms with van der Waals surface area (Å²) in [5.74, 6) is -0.320. The average molecular weight is 389 g/mol. The summed E-state index contributed by atoms with van der Waals surface area (Å²) in [6.45, 7) is 6.75. The minimum absolute atomic E-state index is 0.0179. The Morgan fingerprint density at radius 3 is 2.41 bits per heavy atom. The number of aryl methyl sites for hydroxylation is 2. The first-order valence-corrected chi connectivity index (χ1v) is 9.86. The lowest BCUT2D eigenvalue weighted by molar-refractivity contribution is -0.133. The summed E-state index contributed by atoms with van der Waals surface area (Å²) in [7, 11) is 0. The molecule has 0 aliphatic carbocycles. The maximum atomic E-state index is 12.9. The highest BCUT2D eigenvalue weighted by atomic mass is 32.2. The highest BCUT2D eigenvalue weighted by Crippen LogP contribution is 2.21. The van der Waals surface area contributed by atoms with Crippen LogP contribution in [-0.4, -0.2) is 35.6 Å². The molecule has 0 heterocycles. The molecule has 4 nitrogen and oxygen atoms in total. The third-order valence-corrected chi connectivity index (χ3v) is 5.29. The Kier molecular flexibility index (Phi) is 7.85. The van der Waals surface area contributed by atoms with Crippen LogP contribution < -0.4 is 5.32 Å². The van der Waals surface area contributed by atoms with Crippen LogP contribution in [0.2, 0.25) is 0 Å². The van der Waals surface area contributed by atoms with Gasteiger partial charge < -0.3 is 10.2 Å². The first kappa shape index (κ1) is 21.0. The second kappa shape index (κ2) is 10.1. The number of nitrogens with zero attached hydrogens (tertiary/aromatic N) is 1. The van der Waals surface area contributed by atoms with Crippen molar-refractivity contribution in [1.82, 2.24) is 10.2 Å². The monoisotopic (exact) mass is 388 g/mol. The van der Waals surface area contributed by atoms with E-state index in [1.807, 2.05) is 26.0 Å². The van der Waals surface area contributed by atoms with Gasteiger partial charge in [0.1, 0.15) is 5.82 Å². The lowest BCUT2D eigenvalue weighted by Gasteiger charge is -2.20. The number of nitrogens with one attached hydrogen (secondary N) is 1. The number of benzene rings is 2. The minimum atomic E-state index is -0.311. The predicted octanol–water partition coefficient (Wildman–Crippen LogP) is 3.70. The van der Waals surface area contributed by atoms with Gasteiger partial charge in [-0.15, -0.1) is 11.8 Å². The van der Waals surface area contributed by atoms with Gasteiger partial charge in [0.2, 0.25) is 11.8 Å². The Morgan fingerprint density at radius 2 is 1.78 bits per heavy atom. The van der Waals surface area contributed by atoms with E-state index in [-0.39, 0.29) is 24.2 Å². The summed E-state index contributed by atoms with van der Waals surface area (Å²) in [6.07, 6.45) is 0. The third kappa shape index (κ3) is 6.71. The predicted molar refractivity (Wildman–Crippen MR) is 107 cm³/mol. The number of amides is 2. The highest BCUT2D eigenvalue weighted by Gasteiger charge is 2.15. The van der Waals surface area contributed by atoms with Crippen LogP contribution in [0.4, 0.5) is 4.39 Å². The van der Waals surface area contributed by atoms with Crippen LogP contribution in [-0.2, 0) is 16.1 Å². The molecule has 0 atom stereocenters. The first-order chi connectivity index (χ1) is 12.9. The molecule has 0 bridgehead atoms. The Labute approximate surface area is 164 Å². The Hall–Kier alpha value is -2.34. The van der Waals surface area contributed by atoms with E-state index in [0.29, 0.717) is 18.8 Å². The largest absolute Gasteiger partial charge is 0.350 e. The van der Waals surface area contributed by atoms with Crippen molar-refractivity contribution >= 4 is 23.6 Å². The quantitative estimate of drug-likeness (QED) is 0.702. The molecule has 2 aromatic carbocycles. The Morgan fingerprint density at radius 1 is 1.07 bits per heavy atom. The number of carbonyl (C=O) groups is 2. The van der Waals surface area contributed by atoms with Gasteiger partial charge in [0.15, 0.2) is 0 Å². The summed E-state index contributed by atoms with van der Waals surface area (Å²) in [5, 5.41) is 2.76. The van der Waals surface area contributed by atoms with Crippen molar-refractivity contribution in [2.45, 2.75) is 32.2 Å². The SMILES string of the molecule is CCN(CC(=O)NCc1ccc(F)cc1)C(=O)CSc1ccc(C)c(C)c1. The first-order valence-electron chi connectivity index (χ1n) is 8.88. The third-order valence-electron chi connectivity index (χ3n) is 4.31. The van der Waals surface area contributed by atoms with Crippen molar-refractivity contribution in [3.63, 3.8) is 0 Å². The second-order valence-electron chi connectivity index (χ2n) is 6.35. The number of likely N-dealkylation sites (N-methyl/N-ethyl adjacent to an activating group) is 1. The van der Waals surface area contributed by atoms with Gasteiger partial charge in [-0.3, -0.25) is 9.59 Å². The summed E-state index contributed by atoms with van der Waals surface area (Å²) < 4.78 is 12.9. The maximum Gasteiger partial charge on any atom is 0.239 e. The molecule has 0 aliphatic rings. The molecule has 0 unspecified atom stereocenters. The van der Waals surface area contributed by atoms with Crippen LogP contribution in [0.25, 0.3) is 0 Å². The molecule has 6 heteroatoms. The summed E-state index contributed by atoms with van der Waals surface area (Å²) in [5.41, 5.74) is 3.23. The number of carbonyl (C=O) groups excluding carboxylic acids is 2. The molecule has 0 saturated heterocycles. The normalized spacial score (nSPS) is 10.5.